The third-order valence-electron chi connectivity index (χ3n) is 0. The van der Waals surface area contributed by atoms with Gasteiger partial charge in [-0.2, -0.15) is 6.92 Å². The van der Waals surface area contributed by atoms with Crippen molar-refractivity contribution in [2.75, 3.05) is 0 Å². The van der Waals surface area contributed by atoms with E-state index in [1.54, 1.807) is 6.92 Å². The van der Waals surface area contributed by atoms with Crippen molar-refractivity contribution in [3.05, 3.63) is 6.92 Å². The Morgan fingerprint density at radius 2 is 1.25 bits per heavy atom. The zero-order valence-electron chi connectivity index (χ0n) is 2.82. The zero-order chi connectivity index (χ0) is 2.00. The minimum Gasteiger partial charge on any atom is -0.346 e. The van der Waals surface area contributed by atoms with E-state index in [1.807, 2.05) is 0 Å². The minimum absolute atomic E-state index is 0. The molecule has 0 nitrogen and oxygen atoms in total. The second kappa shape index (κ2) is 25.9. The first-order valence-electron chi connectivity index (χ1n) is 0.707. The van der Waals surface area contributed by atoms with Crippen molar-refractivity contribution < 1.29 is 27.3 Å². The molecule has 0 aliphatic heterocycles. The van der Waals surface area contributed by atoms with Gasteiger partial charge in [0.05, 0.1) is 0 Å². The van der Waals surface area contributed by atoms with Crippen LogP contribution in [0.15, 0.2) is 0 Å². The molecule has 0 aromatic carbocycles. The molecule has 0 saturated heterocycles. The van der Waals surface area contributed by atoms with Crippen LogP contribution in [0.25, 0.3) is 0 Å². The Balaban J connectivity index is -0.00000000500. The zero-order valence-corrected chi connectivity index (χ0v) is 8.57. The molecule has 0 radical (unpaired) electrons. The van der Waals surface area contributed by atoms with Crippen LogP contribution in [0.5, 0.6) is 0 Å². The number of rotatable bonds is 0. The fourth-order valence-corrected chi connectivity index (χ4v) is 0. The molecule has 0 unspecified atom stereocenters. The molecule has 0 spiro atoms. The summed E-state index contributed by atoms with van der Waals surface area (Å²) < 4.78 is 0. The third kappa shape index (κ3) is 9.99. The summed E-state index contributed by atoms with van der Waals surface area (Å²) in [7, 11) is 0. The number of hydrogen-bond donors (Lipinski definition) is 0. The summed E-state index contributed by atoms with van der Waals surface area (Å²) in [5.41, 5.74) is 0. The van der Waals surface area contributed by atoms with E-state index in [2.05, 4.69) is 6.92 Å². The van der Waals surface area contributed by atoms with Gasteiger partial charge < -0.3 is 6.92 Å². The summed E-state index contributed by atoms with van der Waals surface area (Å²) in [6.45, 7) is 5.00. The average molecular weight is 222 g/mol. The van der Waals surface area contributed by atoms with Crippen molar-refractivity contribution in [3.8, 4) is 0 Å². The van der Waals surface area contributed by atoms with Gasteiger partial charge in [-0.1, -0.05) is 0 Å². The summed E-state index contributed by atoms with van der Waals surface area (Å²) >= 11 is 0. The van der Waals surface area contributed by atoms with E-state index in [0.717, 1.165) is 0 Å². The van der Waals surface area contributed by atoms with E-state index in [-0.39, 0.29) is 44.3 Å². The van der Waals surface area contributed by atoms with Crippen LogP contribution in [0.3, 0.4) is 0 Å². The van der Waals surface area contributed by atoms with Crippen molar-refractivity contribution in [3.63, 3.8) is 0 Å². The Hall–Kier alpha value is 1.40. The maximum Gasteiger partial charge on any atom is 0 e. The quantitative estimate of drug-likeness (QED) is 0.429. The second-order valence-electron chi connectivity index (χ2n) is 0. The van der Waals surface area contributed by atoms with E-state index in [0.29, 0.717) is 0 Å². The van der Waals surface area contributed by atoms with Crippen molar-refractivity contribution in [2.24, 2.45) is 0 Å². The molecule has 0 aliphatic rings. The summed E-state index contributed by atoms with van der Waals surface area (Å²) in [5.74, 6) is 0. The fourth-order valence-electron chi connectivity index (χ4n) is 0. The van der Waals surface area contributed by atoms with Crippen molar-refractivity contribution in [1.29, 1.82) is 0 Å². The van der Waals surface area contributed by atoms with E-state index in [4.69, 9.17) is 0 Å². The van der Waals surface area contributed by atoms with E-state index in [9.17, 15) is 0 Å². The standard InChI is InChI=1S/C2H5.BrH.Cd/c1-2;;/h1H2,2H3;1H;/q-1;;. The first kappa shape index (κ1) is 18.1. The molecular weight excluding hydrogens is 216 g/mol. The Morgan fingerprint density at radius 1 is 1.25 bits per heavy atom. The van der Waals surface area contributed by atoms with Gasteiger partial charge in [-0.05, 0) is 0 Å². The van der Waals surface area contributed by atoms with Crippen molar-refractivity contribution >= 4 is 17.0 Å². The molecule has 24 valence electrons. The predicted molar refractivity (Wildman–Crippen MR) is 21.4 cm³/mol. The van der Waals surface area contributed by atoms with Crippen molar-refractivity contribution in [2.45, 2.75) is 6.92 Å². The second-order valence-corrected chi connectivity index (χ2v) is 0. The molecule has 0 N–H and O–H groups in total. The Bertz CT molecular complexity index is 6.00. The van der Waals surface area contributed by atoms with Gasteiger partial charge in [0.1, 0.15) is 0 Å². The van der Waals surface area contributed by atoms with Crippen LogP contribution in [0.1, 0.15) is 6.92 Å². The van der Waals surface area contributed by atoms with E-state index in [1.165, 1.54) is 0 Å². The molecule has 0 rings (SSSR count). The molecule has 0 bridgehead atoms. The Morgan fingerprint density at radius 3 is 1.25 bits per heavy atom. The van der Waals surface area contributed by atoms with Crippen LogP contribution in [0.4, 0.5) is 0 Å². The van der Waals surface area contributed by atoms with Gasteiger partial charge >= 0.3 is 0 Å². The van der Waals surface area contributed by atoms with Crippen molar-refractivity contribution in [1.82, 2.24) is 0 Å². The van der Waals surface area contributed by atoms with Gasteiger partial charge in [-0.25, -0.2) is 0 Å². The minimum atomic E-state index is 0. The number of halogens is 1. The third-order valence-corrected chi connectivity index (χ3v) is 0. The molecule has 0 amide bonds. The maximum atomic E-state index is 3.25. The first-order chi connectivity index (χ1) is 1.00. The summed E-state index contributed by atoms with van der Waals surface area (Å²) in [5, 5.41) is 0. The average Bonchev–Trinajstić information content (AvgIpc) is 1.00. The largest absolute Gasteiger partial charge is 0.346 e. The van der Waals surface area contributed by atoms with Crippen LogP contribution >= 0.6 is 17.0 Å². The first-order valence-corrected chi connectivity index (χ1v) is 0.707. The van der Waals surface area contributed by atoms with Crippen LogP contribution in [0.2, 0.25) is 0 Å². The summed E-state index contributed by atoms with van der Waals surface area (Å²) in [4.78, 5) is 0. The molecule has 0 aromatic heterocycles. The van der Waals surface area contributed by atoms with Gasteiger partial charge in [0, 0.05) is 27.3 Å². The Labute approximate surface area is 57.9 Å². The monoisotopic (exact) mass is 223 g/mol. The van der Waals surface area contributed by atoms with Gasteiger partial charge in [0.25, 0.3) is 0 Å². The van der Waals surface area contributed by atoms with Gasteiger partial charge in [-0.3, -0.25) is 0 Å². The van der Waals surface area contributed by atoms with Crippen LogP contribution in [-0.4, -0.2) is 0 Å². The van der Waals surface area contributed by atoms with Gasteiger partial charge in [0.2, 0.25) is 0 Å². The normalized spacial score (nSPS) is 1.50. The fraction of sp³-hybridized carbons (Fsp3) is 0.500. The van der Waals surface area contributed by atoms with E-state index >= 15 is 0 Å². The Kier molecular flexibility index (Phi) is 118. The molecule has 0 fully saturated rings. The number of hydrogen-bond acceptors (Lipinski definition) is 0. The summed E-state index contributed by atoms with van der Waals surface area (Å²) in [6, 6.07) is 0. The van der Waals surface area contributed by atoms with Crippen LogP contribution in [0, 0.1) is 6.92 Å². The molecule has 2 heteroatoms. The smallest absolute Gasteiger partial charge is 0 e. The maximum absolute atomic E-state index is 3.25. The van der Waals surface area contributed by atoms with E-state index < -0.39 is 0 Å². The molecular formula is C2H6BrCd-. The topological polar surface area (TPSA) is 0 Å². The summed E-state index contributed by atoms with van der Waals surface area (Å²) in [6.07, 6.45) is 0. The predicted octanol–water partition coefficient (Wildman–Crippen LogP) is 1.42. The molecule has 0 heterocycles. The molecule has 0 aliphatic carbocycles. The van der Waals surface area contributed by atoms with Gasteiger partial charge in [0.15, 0.2) is 0 Å². The van der Waals surface area contributed by atoms with Gasteiger partial charge in [-0.15, -0.1) is 17.0 Å². The molecule has 4 heavy (non-hydrogen) atoms. The molecule has 0 atom stereocenters. The molecule has 0 saturated carbocycles. The SMILES string of the molecule is Br.[CH2-]C.[Cd]. The van der Waals surface area contributed by atoms with Crippen LogP contribution < -0.4 is 0 Å². The molecule has 0 aromatic rings. The van der Waals surface area contributed by atoms with Crippen LogP contribution in [-0.2, 0) is 27.3 Å².